The monoisotopic (exact) mass is 299 g/mol. The zero-order valence-electron chi connectivity index (χ0n) is 11.7. The maximum absolute atomic E-state index is 10.9. The number of nitrogens with zero attached hydrogens (tertiary/aromatic N) is 2. The molecule has 1 heterocycles. The minimum atomic E-state index is -0.761. The number of nitrogens with one attached hydrogen (secondary N) is 1. The van der Waals surface area contributed by atoms with E-state index in [9.17, 15) is 10.1 Å². The maximum atomic E-state index is 10.9. The first-order valence-electron chi connectivity index (χ1n) is 6.21. The summed E-state index contributed by atoms with van der Waals surface area (Å²) in [4.78, 5) is 13.8. The van der Waals surface area contributed by atoms with E-state index in [0.717, 1.165) is 0 Å². The molecular formula is C14H13N5O3. The van der Waals surface area contributed by atoms with Gasteiger partial charge in [-0.2, -0.15) is 0 Å². The standard InChI is InChI=1S/C14H13N5O3/c1-7(15)10-11(12(18-2)14(17)22-13(10)16)8-4-3-5-9(6-8)19(20)21/h3-6,11,16H,15,17H2,1H3. The number of hydrogen-bond acceptors (Lipinski definition) is 6. The molecule has 0 amide bonds. The number of nitro groups is 1. The Kier molecular flexibility index (Phi) is 3.81. The molecule has 0 aromatic heterocycles. The molecule has 8 heteroatoms. The van der Waals surface area contributed by atoms with Gasteiger partial charge in [-0.3, -0.25) is 15.5 Å². The van der Waals surface area contributed by atoms with Crippen LogP contribution in [0, 0.1) is 22.1 Å². The molecule has 1 atom stereocenters. The Labute approximate surface area is 126 Å². The van der Waals surface area contributed by atoms with Crippen LogP contribution < -0.4 is 11.5 Å². The number of benzene rings is 1. The molecule has 1 unspecified atom stereocenters. The first kappa shape index (κ1) is 15.1. The summed E-state index contributed by atoms with van der Waals surface area (Å²) in [5, 5.41) is 18.8. The highest BCUT2D eigenvalue weighted by molar-refractivity contribution is 5.96. The van der Waals surface area contributed by atoms with Crippen LogP contribution in [0.5, 0.6) is 0 Å². The van der Waals surface area contributed by atoms with E-state index >= 15 is 0 Å². The predicted octanol–water partition coefficient (Wildman–Crippen LogP) is 1.97. The minimum Gasteiger partial charge on any atom is -0.434 e. The molecule has 2 rings (SSSR count). The normalized spacial score (nSPS) is 20.2. The first-order valence-corrected chi connectivity index (χ1v) is 6.21. The molecule has 1 aromatic carbocycles. The third-order valence-electron chi connectivity index (χ3n) is 3.23. The van der Waals surface area contributed by atoms with Gasteiger partial charge >= 0.3 is 0 Å². The Hall–Kier alpha value is -3.34. The van der Waals surface area contributed by atoms with Crippen LogP contribution in [-0.4, -0.2) is 10.8 Å². The highest BCUT2D eigenvalue weighted by atomic mass is 16.6. The van der Waals surface area contributed by atoms with Crippen LogP contribution in [0.4, 0.5) is 5.69 Å². The van der Waals surface area contributed by atoms with Crippen molar-refractivity contribution in [2.24, 2.45) is 11.5 Å². The van der Waals surface area contributed by atoms with Crippen LogP contribution in [0.25, 0.3) is 4.85 Å². The molecule has 112 valence electrons. The molecule has 5 N–H and O–H groups in total. The largest absolute Gasteiger partial charge is 0.434 e. The van der Waals surface area contributed by atoms with Gasteiger partial charge in [-0.1, -0.05) is 12.1 Å². The molecule has 0 aliphatic carbocycles. The van der Waals surface area contributed by atoms with Gasteiger partial charge in [0.2, 0.25) is 11.6 Å². The van der Waals surface area contributed by atoms with Crippen molar-refractivity contribution in [3.05, 3.63) is 74.2 Å². The molecule has 1 aliphatic rings. The second-order valence-electron chi connectivity index (χ2n) is 4.67. The predicted molar refractivity (Wildman–Crippen MR) is 79.4 cm³/mol. The molecular weight excluding hydrogens is 286 g/mol. The van der Waals surface area contributed by atoms with Crippen LogP contribution >= 0.6 is 0 Å². The number of ether oxygens (including phenoxy) is 1. The fourth-order valence-corrected chi connectivity index (χ4v) is 2.30. The number of allylic oxidation sites excluding steroid dienone is 2. The molecule has 1 aliphatic heterocycles. The first-order chi connectivity index (χ1) is 10.4. The van der Waals surface area contributed by atoms with Crippen LogP contribution in [0.2, 0.25) is 0 Å². The molecule has 0 fully saturated rings. The van der Waals surface area contributed by atoms with Crippen LogP contribution in [-0.2, 0) is 4.74 Å². The summed E-state index contributed by atoms with van der Waals surface area (Å²) in [5.74, 6) is -1.22. The minimum absolute atomic E-state index is 0.0521. The zero-order valence-corrected chi connectivity index (χ0v) is 11.7. The molecule has 0 radical (unpaired) electrons. The van der Waals surface area contributed by atoms with Gasteiger partial charge in [0.1, 0.15) is 0 Å². The molecule has 0 spiro atoms. The van der Waals surface area contributed by atoms with Gasteiger partial charge in [-0.25, -0.2) is 4.85 Å². The van der Waals surface area contributed by atoms with Gasteiger partial charge in [-0.15, -0.1) is 0 Å². The number of nitrogens with two attached hydrogens (primary N) is 2. The molecule has 0 bridgehead atoms. The van der Waals surface area contributed by atoms with E-state index in [1.807, 2.05) is 0 Å². The SMILES string of the molecule is [C-]#[N+]C1=C(N)OC(=N)C(=C(C)N)C1c1cccc([N+](=O)[O-])c1. The van der Waals surface area contributed by atoms with E-state index in [1.165, 1.54) is 18.2 Å². The number of non-ortho nitro benzene ring substituents is 1. The van der Waals surface area contributed by atoms with Crippen molar-refractivity contribution in [2.75, 3.05) is 0 Å². The molecule has 1 aromatic rings. The third kappa shape index (κ3) is 2.47. The van der Waals surface area contributed by atoms with E-state index in [4.69, 9.17) is 28.2 Å². The van der Waals surface area contributed by atoms with Gasteiger partial charge < -0.3 is 16.2 Å². The number of nitro benzene ring substituents is 1. The summed E-state index contributed by atoms with van der Waals surface area (Å²) in [5.41, 5.74) is 12.4. The van der Waals surface area contributed by atoms with Crippen molar-refractivity contribution in [1.29, 1.82) is 5.41 Å². The summed E-state index contributed by atoms with van der Waals surface area (Å²) in [6.07, 6.45) is 0. The Balaban J connectivity index is 2.72. The lowest BCUT2D eigenvalue weighted by Gasteiger charge is -2.27. The van der Waals surface area contributed by atoms with Gasteiger partial charge in [0, 0.05) is 23.4 Å². The summed E-state index contributed by atoms with van der Waals surface area (Å²) in [7, 11) is 0. The fourth-order valence-electron chi connectivity index (χ4n) is 2.30. The van der Waals surface area contributed by atoms with Crippen molar-refractivity contribution < 1.29 is 9.66 Å². The summed E-state index contributed by atoms with van der Waals surface area (Å²) < 4.78 is 5.05. The third-order valence-corrected chi connectivity index (χ3v) is 3.23. The van der Waals surface area contributed by atoms with E-state index < -0.39 is 10.8 Å². The quantitative estimate of drug-likeness (QED) is 0.436. The number of rotatable bonds is 2. The van der Waals surface area contributed by atoms with Gasteiger partial charge in [0.25, 0.3) is 5.69 Å². The number of hydrogen-bond donors (Lipinski definition) is 3. The van der Waals surface area contributed by atoms with Crippen LogP contribution in [0.15, 0.2) is 47.1 Å². The van der Waals surface area contributed by atoms with E-state index in [-0.39, 0.29) is 34.4 Å². The maximum Gasteiger partial charge on any atom is 0.269 e. The zero-order chi connectivity index (χ0) is 16.4. The molecule has 0 saturated carbocycles. The van der Waals surface area contributed by atoms with Gasteiger partial charge in [0.05, 0.1) is 17.4 Å². The van der Waals surface area contributed by atoms with Gasteiger partial charge in [0.15, 0.2) is 5.88 Å². The molecule has 0 saturated heterocycles. The van der Waals surface area contributed by atoms with Crippen LogP contribution in [0.1, 0.15) is 18.4 Å². The summed E-state index contributed by atoms with van der Waals surface area (Å²) in [6, 6.07) is 5.81. The Morgan fingerprint density at radius 1 is 1.55 bits per heavy atom. The van der Waals surface area contributed by atoms with Crippen molar-refractivity contribution in [3.63, 3.8) is 0 Å². The average Bonchev–Trinajstić information content (AvgIpc) is 2.46. The Morgan fingerprint density at radius 3 is 2.77 bits per heavy atom. The van der Waals surface area contributed by atoms with Crippen molar-refractivity contribution >= 4 is 11.6 Å². The second kappa shape index (κ2) is 5.57. The van der Waals surface area contributed by atoms with Crippen molar-refractivity contribution in [3.8, 4) is 0 Å². The van der Waals surface area contributed by atoms with E-state index in [1.54, 1.807) is 13.0 Å². The van der Waals surface area contributed by atoms with Crippen molar-refractivity contribution in [2.45, 2.75) is 12.8 Å². The highest BCUT2D eigenvalue weighted by Crippen LogP contribution is 2.40. The molecule has 22 heavy (non-hydrogen) atoms. The fraction of sp³-hybridized carbons (Fsp3) is 0.143. The Morgan fingerprint density at radius 2 is 2.23 bits per heavy atom. The van der Waals surface area contributed by atoms with Crippen molar-refractivity contribution in [1.82, 2.24) is 0 Å². The van der Waals surface area contributed by atoms with Crippen LogP contribution in [0.3, 0.4) is 0 Å². The smallest absolute Gasteiger partial charge is 0.269 e. The van der Waals surface area contributed by atoms with Gasteiger partial charge in [-0.05, 0) is 12.5 Å². The highest BCUT2D eigenvalue weighted by Gasteiger charge is 2.35. The Bertz CT molecular complexity index is 769. The lowest BCUT2D eigenvalue weighted by molar-refractivity contribution is -0.384. The average molecular weight is 299 g/mol. The van der Waals surface area contributed by atoms with E-state index in [2.05, 4.69) is 4.85 Å². The lowest BCUT2D eigenvalue weighted by atomic mass is 9.85. The van der Waals surface area contributed by atoms with E-state index in [0.29, 0.717) is 5.56 Å². The second-order valence-corrected chi connectivity index (χ2v) is 4.67. The topological polar surface area (TPSA) is 133 Å². The summed E-state index contributed by atoms with van der Waals surface area (Å²) >= 11 is 0. The lowest BCUT2D eigenvalue weighted by Crippen LogP contribution is -2.28. The molecule has 8 nitrogen and oxygen atoms in total. The summed E-state index contributed by atoms with van der Waals surface area (Å²) in [6.45, 7) is 8.85.